The molecular weight excluding hydrogens is 488 g/mol. The Bertz CT molecular complexity index is 1030. The van der Waals surface area contributed by atoms with Crippen molar-refractivity contribution >= 4 is 6.09 Å². The number of hydrogen-bond donors (Lipinski definition) is 0. The van der Waals surface area contributed by atoms with Gasteiger partial charge < -0.3 is 9.47 Å². The Labute approximate surface area is 206 Å². The molecule has 0 saturated carbocycles. The Morgan fingerprint density at radius 1 is 0.972 bits per heavy atom. The molecule has 3 rings (SSSR count). The second-order valence-corrected chi connectivity index (χ2v) is 10.0. The van der Waals surface area contributed by atoms with E-state index in [9.17, 15) is 31.1 Å². The summed E-state index contributed by atoms with van der Waals surface area (Å²) in [6, 6.07) is 10.3. The van der Waals surface area contributed by atoms with Gasteiger partial charge in [-0.2, -0.15) is 26.3 Å². The number of ether oxygens (including phenoxy) is 2. The molecule has 0 radical (unpaired) electrons. The fourth-order valence-corrected chi connectivity index (χ4v) is 4.38. The van der Waals surface area contributed by atoms with Crippen molar-refractivity contribution in [1.82, 2.24) is 4.90 Å². The highest BCUT2D eigenvalue weighted by Crippen LogP contribution is 2.41. The molecule has 2 aromatic carbocycles. The maximum absolute atomic E-state index is 13.3. The van der Waals surface area contributed by atoms with Crippen LogP contribution in [0.5, 0.6) is 0 Å². The van der Waals surface area contributed by atoms with Crippen LogP contribution in [0.2, 0.25) is 0 Å². The zero-order chi connectivity index (χ0) is 26.9. The third-order valence-electron chi connectivity index (χ3n) is 6.11. The van der Waals surface area contributed by atoms with Gasteiger partial charge in [0.1, 0.15) is 5.60 Å². The van der Waals surface area contributed by atoms with Gasteiger partial charge in [-0.15, -0.1) is 0 Å². The number of carbonyl (C=O) groups is 1. The molecule has 4 nitrogen and oxygen atoms in total. The topological polar surface area (TPSA) is 38.8 Å². The molecule has 1 fully saturated rings. The molecule has 2 aromatic rings. The highest BCUT2D eigenvalue weighted by Gasteiger charge is 2.48. The third-order valence-corrected chi connectivity index (χ3v) is 6.11. The van der Waals surface area contributed by atoms with Gasteiger partial charge in [-0.3, -0.25) is 4.90 Å². The maximum Gasteiger partial charge on any atom is 0.416 e. The molecule has 0 aliphatic carbocycles. The first-order valence-electron chi connectivity index (χ1n) is 11.5. The molecule has 0 bridgehead atoms. The average Bonchev–Trinajstić information content (AvgIpc) is 2.76. The lowest BCUT2D eigenvalue weighted by molar-refractivity contribution is -0.143. The molecule has 10 heteroatoms. The van der Waals surface area contributed by atoms with Crippen LogP contribution in [0.25, 0.3) is 0 Å². The summed E-state index contributed by atoms with van der Waals surface area (Å²) >= 11 is 0. The van der Waals surface area contributed by atoms with Crippen LogP contribution >= 0.6 is 0 Å². The van der Waals surface area contributed by atoms with Crippen molar-refractivity contribution in [3.63, 3.8) is 0 Å². The van der Waals surface area contributed by atoms with Crippen LogP contribution in [-0.4, -0.2) is 29.2 Å². The molecule has 198 valence electrons. The standard InChI is InChI=1S/C26H29F6NO3/c1-23(2,3)36-22(34)33-12-8-11-21(24(33,4)18-9-6-5-7-10-18)35-16-17-13-19(25(27,28)29)15-20(14-17)26(30,31)32/h5-7,9-10,13-15,21H,8,11-12,16H2,1-4H3. The molecule has 0 N–H and O–H groups in total. The second-order valence-electron chi connectivity index (χ2n) is 10.0. The van der Waals surface area contributed by atoms with E-state index in [1.807, 2.05) is 0 Å². The SMILES string of the molecule is CC(C)(C)OC(=O)N1CCCC(OCc2cc(C(F)(F)F)cc(C(F)(F)F)c2)C1(C)c1ccccc1. The first kappa shape index (κ1) is 27.8. The van der Waals surface area contributed by atoms with Crippen molar-refractivity contribution in [2.24, 2.45) is 0 Å². The molecule has 1 amide bonds. The molecule has 1 heterocycles. The van der Waals surface area contributed by atoms with Gasteiger partial charge >= 0.3 is 18.4 Å². The van der Waals surface area contributed by atoms with Crippen LogP contribution in [0.4, 0.5) is 31.1 Å². The molecule has 1 saturated heterocycles. The lowest BCUT2D eigenvalue weighted by atomic mass is 9.79. The largest absolute Gasteiger partial charge is 0.444 e. The number of amides is 1. The molecule has 1 aliphatic heterocycles. The summed E-state index contributed by atoms with van der Waals surface area (Å²) < 4.78 is 91.3. The van der Waals surface area contributed by atoms with Gasteiger partial charge in [0.15, 0.2) is 0 Å². The number of hydrogen-bond acceptors (Lipinski definition) is 3. The van der Waals surface area contributed by atoms with E-state index in [0.717, 1.165) is 0 Å². The van der Waals surface area contributed by atoms with E-state index in [0.29, 0.717) is 37.1 Å². The minimum Gasteiger partial charge on any atom is -0.444 e. The van der Waals surface area contributed by atoms with Crippen LogP contribution in [0.15, 0.2) is 48.5 Å². The van der Waals surface area contributed by atoms with Crippen LogP contribution in [-0.2, 0) is 34.0 Å². The van der Waals surface area contributed by atoms with Crippen LogP contribution in [0.1, 0.15) is 62.8 Å². The van der Waals surface area contributed by atoms with E-state index in [-0.39, 0.29) is 11.6 Å². The van der Waals surface area contributed by atoms with E-state index < -0.39 is 53.4 Å². The van der Waals surface area contributed by atoms with E-state index in [2.05, 4.69) is 0 Å². The zero-order valence-corrected chi connectivity index (χ0v) is 20.5. The summed E-state index contributed by atoms with van der Waals surface area (Å²) in [4.78, 5) is 14.7. The van der Waals surface area contributed by atoms with Gasteiger partial charge in [-0.25, -0.2) is 4.79 Å². The van der Waals surface area contributed by atoms with E-state index in [1.54, 1.807) is 58.0 Å². The fraction of sp³-hybridized carbons (Fsp3) is 0.500. The molecule has 36 heavy (non-hydrogen) atoms. The Morgan fingerprint density at radius 2 is 1.53 bits per heavy atom. The number of carbonyl (C=O) groups excluding carboxylic acids is 1. The Morgan fingerprint density at radius 3 is 2.03 bits per heavy atom. The predicted octanol–water partition coefficient (Wildman–Crippen LogP) is 7.56. The molecule has 1 aliphatic rings. The Balaban J connectivity index is 1.97. The number of likely N-dealkylation sites (tertiary alicyclic amines) is 1. The lowest BCUT2D eigenvalue weighted by Gasteiger charge is -2.49. The van der Waals surface area contributed by atoms with Gasteiger partial charge in [0.05, 0.1) is 29.4 Å². The molecular formula is C26H29F6NO3. The molecule has 0 aromatic heterocycles. The second kappa shape index (κ2) is 9.95. The fourth-order valence-electron chi connectivity index (χ4n) is 4.38. The van der Waals surface area contributed by atoms with Gasteiger partial charge in [0.2, 0.25) is 0 Å². The molecule has 0 spiro atoms. The smallest absolute Gasteiger partial charge is 0.416 e. The van der Waals surface area contributed by atoms with Gasteiger partial charge in [0.25, 0.3) is 0 Å². The summed E-state index contributed by atoms with van der Waals surface area (Å²) in [7, 11) is 0. The first-order chi connectivity index (χ1) is 16.5. The van der Waals surface area contributed by atoms with Crippen molar-refractivity contribution < 1.29 is 40.6 Å². The summed E-state index contributed by atoms with van der Waals surface area (Å²) in [6.07, 6.45) is -10.2. The normalized spacial score (nSPS) is 21.4. The minimum atomic E-state index is -4.95. The Kier molecular flexibility index (Phi) is 7.70. The summed E-state index contributed by atoms with van der Waals surface area (Å²) in [5.74, 6) is 0. The van der Waals surface area contributed by atoms with Crippen LogP contribution in [0.3, 0.4) is 0 Å². The van der Waals surface area contributed by atoms with Gasteiger partial charge in [0, 0.05) is 6.54 Å². The number of piperidine rings is 1. The third kappa shape index (κ3) is 6.32. The highest BCUT2D eigenvalue weighted by atomic mass is 19.4. The van der Waals surface area contributed by atoms with Crippen molar-refractivity contribution in [3.8, 4) is 0 Å². The van der Waals surface area contributed by atoms with Crippen LogP contribution in [0, 0.1) is 0 Å². The van der Waals surface area contributed by atoms with E-state index >= 15 is 0 Å². The lowest BCUT2D eigenvalue weighted by Crippen LogP contribution is -2.59. The van der Waals surface area contributed by atoms with Crippen molar-refractivity contribution in [3.05, 3.63) is 70.8 Å². The van der Waals surface area contributed by atoms with Crippen molar-refractivity contribution in [2.75, 3.05) is 6.54 Å². The number of nitrogens with zero attached hydrogens (tertiary/aromatic N) is 1. The number of halogens is 6. The van der Waals surface area contributed by atoms with E-state index in [4.69, 9.17) is 9.47 Å². The van der Waals surface area contributed by atoms with Gasteiger partial charge in [-0.1, -0.05) is 30.3 Å². The first-order valence-corrected chi connectivity index (χ1v) is 11.5. The number of alkyl halides is 6. The summed E-state index contributed by atoms with van der Waals surface area (Å²) in [6.45, 7) is 6.81. The quantitative estimate of drug-likeness (QED) is 0.393. The highest BCUT2D eigenvalue weighted by molar-refractivity contribution is 5.70. The summed E-state index contributed by atoms with van der Waals surface area (Å²) in [5, 5.41) is 0. The minimum absolute atomic E-state index is 0.0857. The number of benzene rings is 2. The summed E-state index contributed by atoms with van der Waals surface area (Å²) in [5.41, 5.74) is -4.20. The van der Waals surface area contributed by atoms with Crippen LogP contribution < -0.4 is 0 Å². The van der Waals surface area contributed by atoms with Crippen molar-refractivity contribution in [2.45, 2.75) is 76.7 Å². The molecule has 2 atom stereocenters. The predicted molar refractivity (Wildman–Crippen MR) is 121 cm³/mol. The van der Waals surface area contributed by atoms with E-state index in [1.165, 1.54) is 4.90 Å². The number of rotatable bonds is 4. The molecule has 2 unspecified atom stereocenters. The monoisotopic (exact) mass is 517 g/mol. The zero-order valence-electron chi connectivity index (χ0n) is 20.5. The van der Waals surface area contributed by atoms with Crippen molar-refractivity contribution in [1.29, 1.82) is 0 Å². The maximum atomic E-state index is 13.3. The Hall–Kier alpha value is -2.75. The van der Waals surface area contributed by atoms with Gasteiger partial charge in [-0.05, 0) is 69.9 Å². The average molecular weight is 518 g/mol.